The number of benzene rings is 3. The van der Waals surface area contributed by atoms with Crippen LogP contribution in [0.4, 0.5) is 5.69 Å². The van der Waals surface area contributed by atoms with E-state index in [0.29, 0.717) is 35.5 Å². The maximum absolute atomic E-state index is 13.8. The molecule has 0 spiro atoms. The zero-order chi connectivity index (χ0) is 26.8. The number of ether oxygens (including phenoxy) is 2. The van der Waals surface area contributed by atoms with Gasteiger partial charge >= 0.3 is 0 Å². The van der Waals surface area contributed by atoms with Gasteiger partial charge in [-0.2, -0.15) is 0 Å². The van der Waals surface area contributed by atoms with Gasteiger partial charge in [-0.15, -0.1) is 0 Å². The molecule has 0 unspecified atom stereocenters. The van der Waals surface area contributed by atoms with Crippen molar-refractivity contribution < 1.29 is 19.1 Å². The van der Waals surface area contributed by atoms with E-state index in [-0.39, 0.29) is 17.6 Å². The van der Waals surface area contributed by atoms with Crippen molar-refractivity contribution >= 4 is 17.4 Å². The summed E-state index contributed by atoms with van der Waals surface area (Å²) in [6.07, 6.45) is 1.01. The average Bonchev–Trinajstić information content (AvgIpc) is 2.93. The first kappa shape index (κ1) is 25.3. The molecule has 0 saturated carbocycles. The fourth-order valence-corrected chi connectivity index (χ4v) is 5.50. The lowest BCUT2D eigenvalue weighted by molar-refractivity contribution is -0.116. The Morgan fingerprint density at radius 2 is 1.58 bits per heavy atom. The van der Waals surface area contributed by atoms with Crippen LogP contribution < -0.4 is 20.1 Å². The van der Waals surface area contributed by atoms with Gasteiger partial charge in [0.2, 0.25) is 0 Å². The van der Waals surface area contributed by atoms with E-state index in [1.165, 1.54) is 0 Å². The summed E-state index contributed by atoms with van der Waals surface area (Å²) in [5, 5.41) is 6.49. The van der Waals surface area contributed by atoms with Gasteiger partial charge in [-0.05, 0) is 61.6 Å². The van der Waals surface area contributed by atoms with Crippen molar-refractivity contribution in [2.45, 2.75) is 38.5 Å². The number of hydrogen-bond donors (Lipinski definition) is 2. The smallest absolute Gasteiger partial charge is 0.254 e. The number of allylic oxidation sites excluding steroid dienone is 3. The lowest BCUT2D eigenvalue weighted by Crippen LogP contribution is -2.37. The molecule has 0 fully saturated rings. The van der Waals surface area contributed by atoms with E-state index >= 15 is 0 Å². The first-order chi connectivity index (χ1) is 18.4. The Kier molecular flexibility index (Phi) is 7.05. The van der Waals surface area contributed by atoms with Crippen LogP contribution in [-0.4, -0.2) is 25.9 Å². The maximum atomic E-state index is 13.8. The van der Waals surface area contributed by atoms with Gasteiger partial charge in [0.1, 0.15) is 0 Å². The Morgan fingerprint density at radius 3 is 2.26 bits per heavy atom. The summed E-state index contributed by atoms with van der Waals surface area (Å²) in [6.45, 7) is 3.92. The predicted molar refractivity (Wildman–Crippen MR) is 148 cm³/mol. The van der Waals surface area contributed by atoms with E-state index < -0.39 is 5.92 Å². The van der Waals surface area contributed by atoms with Crippen LogP contribution in [0, 0.1) is 6.92 Å². The van der Waals surface area contributed by atoms with Gasteiger partial charge in [0.05, 0.1) is 14.2 Å². The van der Waals surface area contributed by atoms with Crippen molar-refractivity contribution in [1.29, 1.82) is 0 Å². The highest BCUT2D eigenvalue weighted by Gasteiger charge is 2.41. The molecule has 38 heavy (non-hydrogen) atoms. The van der Waals surface area contributed by atoms with Crippen molar-refractivity contribution in [3.63, 3.8) is 0 Å². The molecular weight excluding hydrogens is 476 g/mol. The number of aryl methyl sites for hydroxylation is 1. The number of anilines is 1. The third kappa shape index (κ3) is 4.82. The Labute approximate surface area is 223 Å². The van der Waals surface area contributed by atoms with Crippen LogP contribution in [-0.2, 0) is 9.59 Å². The largest absolute Gasteiger partial charge is 0.493 e. The Bertz CT molecular complexity index is 1440. The summed E-state index contributed by atoms with van der Waals surface area (Å²) in [6, 6.07) is 23.3. The summed E-state index contributed by atoms with van der Waals surface area (Å²) in [7, 11) is 3.22. The van der Waals surface area contributed by atoms with Crippen molar-refractivity contribution in [2.24, 2.45) is 0 Å². The number of amides is 1. The van der Waals surface area contributed by atoms with E-state index in [2.05, 4.69) is 10.6 Å². The van der Waals surface area contributed by atoms with Crippen LogP contribution in [0.1, 0.15) is 48.3 Å². The van der Waals surface area contributed by atoms with Crippen LogP contribution >= 0.6 is 0 Å². The fraction of sp³-hybridized carbons (Fsp3) is 0.250. The third-order valence-electron chi connectivity index (χ3n) is 7.39. The molecular formula is C32H32N2O4. The van der Waals surface area contributed by atoms with Crippen molar-refractivity contribution in [1.82, 2.24) is 5.32 Å². The number of hydrogen-bond acceptors (Lipinski definition) is 5. The first-order valence-electron chi connectivity index (χ1n) is 12.8. The number of rotatable bonds is 6. The number of dihydropyridines is 1. The molecule has 5 rings (SSSR count). The molecule has 1 aliphatic carbocycles. The fourth-order valence-electron chi connectivity index (χ4n) is 5.50. The van der Waals surface area contributed by atoms with Gasteiger partial charge in [0.15, 0.2) is 17.3 Å². The number of Topliss-reactive ketones (excluding diaryl/α,β-unsaturated/α-hetero) is 1. The van der Waals surface area contributed by atoms with Gasteiger partial charge in [-0.25, -0.2) is 0 Å². The molecule has 2 atom stereocenters. The second-order valence-electron chi connectivity index (χ2n) is 9.86. The zero-order valence-electron chi connectivity index (χ0n) is 22.1. The van der Waals surface area contributed by atoms with E-state index in [9.17, 15) is 9.59 Å². The standard InChI is InChI=1S/C32H32N2O4/c1-19-10-13-24(14-11-19)34-32(36)29-20(2)33-25-16-23(22-12-15-27(37-3)28(18-22)38-4)17-26(35)31(25)30(29)21-8-6-5-7-9-21/h5-15,18,23,30,33H,16-17H2,1-4H3,(H,34,36)/t23-,30+/m1/s1. The lowest BCUT2D eigenvalue weighted by Gasteiger charge is -2.37. The summed E-state index contributed by atoms with van der Waals surface area (Å²) >= 11 is 0. The minimum atomic E-state index is -0.447. The zero-order valence-corrected chi connectivity index (χ0v) is 22.1. The summed E-state index contributed by atoms with van der Waals surface area (Å²) < 4.78 is 10.9. The monoisotopic (exact) mass is 508 g/mol. The van der Waals surface area contributed by atoms with E-state index in [1.807, 2.05) is 86.6 Å². The third-order valence-corrected chi connectivity index (χ3v) is 7.39. The van der Waals surface area contributed by atoms with Gasteiger partial charge in [0.25, 0.3) is 5.91 Å². The molecule has 0 bridgehead atoms. The second-order valence-corrected chi connectivity index (χ2v) is 9.86. The molecule has 3 aromatic carbocycles. The first-order valence-corrected chi connectivity index (χ1v) is 12.8. The maximum Gasteiger partial charge on any atom is 0.254 e. The Hall–Kier alpha value is -4.32. The van der Waals surface area contributed by atoms with Crippen LogP contribution in [0.25, 0.3) is 0 Å². The molecule has 0 saturated heterocycles. The molecule has 1 amide bonds. The molecule has 2 N–H and O–H groups in total. The summed E-state index contributed by atoms with van der Waals surface area (Å²) in [5.74, 6) is 0.662. The van der Waals surface area contributed by atoms with Crippen molar-refractivity contribution in [3.05, 3.63) is 112 Å². The van der Waals surface area contributed by atoms with Crippen LogP contribution in [0.5, 0.6) is 11.5 Å². The SMILES string of the molecule is COc1ccc([C@H]2CC(=O)C3=C(C2)NC(C)=C(C(=O)Nc2ccc(C)cc2)[C@@H]3c2ccccc2)cc1OC. The molecule has 0 radical (unpaired) electrons. The highest BCUT2D eigenvalue weighted by Crippen LogP contribution is 2.46. The Morgan fingerprint density at radius 1 is 0.868 bits per heavy atom. The molecule has 3 aromatic rings. The molecule has 194 valence electrons. The summed E-state index contributed by atoms with van der Waals surface area (Å²) in [5.41, 5.74) is 6.64. The average molecular weight is 509 g/mol. The molecule has 1 heterocycles. The highest BCUT2D eigenvalue weighted by atomic mass is 16.5. The molecule has 2 aliphatic rings. The quantitative estimate of drug-likeness (QED) is 0.426. The lowest BCUT2D eigenvalue weighted by atomic mass is 9.71. The van der Waals surface area contributed by atoms with Crippen LogP contribution in [0.3, 0.4) is 0 Å². The van der Waals surface area contributed by atoms with E-state index in [1.54, 1.807) is 14.2 Å². The van der Waals surface area contributed by atoms with Gasteiger partial charge in [-0.3, -0.25) is 9.59 Å². The van der Waals surface area contributed by atoms with Gasteiger partial charge in [0, 0.05) is 40.6 Å². The van der Waals surface area contributed by atoms with Gasteiger partial charge < -0.3 is 20.1 Å². The minimum absolute atomic E-state index is 0.0132. The summed E-state index contributed by atoms with van der Waals surface area (Å²) in [4.78, 5) is 27.5. The number of carbonyl (C=O) groups excluding carboxylic acids is 2. The predicted octanol–water partition coefficient (Wildman–Crippen LogP) is 6.01. The number of nitrogens with one attached hydrogen (secondary N) is 2. The molecule has 0 aromatic heterocycles. The topological polar surface area (TPSA) is 76.7 Å². The Balaban J connectivity index is 1.52. The number of ketones is 1. The normalized spacial score (nSPS) is 19.0. The molecule has 1 aliphatic heterocycles. The van der Waals surface area contributed by atoms with Crippen molar-refractivity contribution in [2.75, 3.05) is 19.5 Å². The van der Waals surface area contributed by atoms with E-state index in [0.717, 1.165) is 33.8 Å². The minimum Gasteiger partial charge on any atom is -0.493 e. The molecule has 6 heteroatoms. The van der Waals surface area contributed by atoms with Crippen LogP contribution in [0.2, 0.25) is 0 Å². The highest BCUT2D eigenvalue weighted by molar-refractivity contribution is 6.10. The van der Waals surface area contributed by atoms with E-state index in [4.69, 9.17) is 9.47 Å². The van der Waals surface area contributed by atoms with Gasteiger partial charge in [-0.1, -0.05) is 54.1 Å². The van der Waals surface area contributed by atoms with Crippen LogP contribution in [0.15, 0.2) is 95.3 Å². The second kappa shape index (κ2) is 10.6. The molecule has 6 nitrogen and oxygen atoms in total. The van der Waals surface area contributed by atoms with Crippen molar-refractivity contribution in [3.8, 4) is 11.5 Å². The number of carbonyl (C=O) groups is 2. The number of methoxy groups -OCH3 is 2.